The van der Waals surface area contributed by atoms with E-state index in [1.165, 1.54) is 0 Å². The fraction of sp³-hybridized carbons (Fsp3) is 0.375. The lowest BCUT2D eigenvalue weighted by Crippen LogP contribution is -2.46. The van der Waals surface area contributed by atoms with E-state index in [2.05, 4.69) is 5.32 Å². The van der Waals surface area contributed by atoms with Gasteiger partial charge in [-0.05, 0) is 37.1 Å². The van der Waals surface area contributed by atoms with Crippen LogP contribution < -0.4 is 15.0 Å². The van der Waals surface area contributed by atoms with Crippen LogP contribution in [0.3, 0.4) is 0 Å². The lowest BCUT2D eigenvalue weighted by atomic mass is 9.95. The Morgan fingerprint density at radius 1 is 1.03 bits per heavy atom. The average molecular weight is 421 g/mol. The van der Waals surface area contributed by atoms with E-state index in [0.717, 1.165) is 24.2 Å². The summed E-state index contributed by atoms with van der Waals surface area (Å²) in [7, 11) is 1.58. The number of carbonyl (C=O) groups excluding carboxylic acids is 3. The zero-order valence-electron chi connectivity index (χ0n) is 17.6. The average Bonchev–Trinajstić information content (AvgIpc) is 3.21. The number of para-hydroxylation sites is 1. The van der Waals surface area contributed by atoms with E-state index < -0.39 is 5.92 Å². The van der Waals surface area contributed by atoms with Crippen molar-refractivity contribution >= 4 is 29.1 Å². The van der Waals surface area contributed by atoms with Gasteiger partial charge in [-0.1, -0.05) is 24.3 Å². The van der Waals surface area contributed by atoms with Crippen molar-refractivity contribution in [2.45, 2.75) is 19.3 Å². The number of nitrogens with one attached hydrogen (secondary N) is 1. The highest BCUT2D eigenvalue weighted by Gasteiger charge is 2.39. The van der Waals surface area contributed by atoms with Crippen molar-refractivity contribution in [2.75, 3.05) is 37.0 Å². The van der Waals surface area contributed by atoms with Gasteiger partial charge in [-0.25, -0.2) is 0 Å². The Hall–Kier alpha value is -3.35. The van der Waals surface area contributed by atoms with Crippen LogP contribution in [0.2, 0.25) is 0 Å². The molecule has 1 N–H and O–H groups in total. The summed E-state index contributed by atoms with van der Waals surface area (Å²) in [5.74, 6) is -0.148. The number of piperidine rings is 1. The number of anilines is 2. The number of amides is 3. The summed E-state index contributed by atoms with van der Waals surface area (Å²) >= 11 is 0. The van der Waals surface area contributed by atoms with Crippen LogP contribution in [0.15, 0.2) is 54.6 Å². The van der Waals surface area contributed by atoms with Crippen molar-refractivity contribution < 1.29 is 19.1 Å². The number of hydrogen-bond donors (Lipinski definition) is 1. The van der Waals surface area contributed by atoms with Gasteiger partial charge in [0.25, 0.3) is 0 Å². The third kappa shape index (κ3) is 4.71. The lowest BCUT2D eigenvalue weighted by Gasteiger charge is -2.33. The van der Waals surface area contributed by atoms with Crippen LogP contribution in [0.4, 0.5) is 11.4 Å². The highest BCUT2D eigenvalue weighted by atomic mass is 16.5. The van der Waals surface area contributed by atoms with Crippen molar-refractivity contribution in [3.05, 3.63) is 54.6 Å². The SMILES string of the molecule is COc1cccc(N2C[C@H](C(=O)N3CCC[C@@H](C(=O)Nc4ccccc4)C3)CC2=O)c1. The van der Waals surface area contributed by atoms with E-state index in [4.69, 9.17) is 4.74 Å². The smallest absolute Gasteiger partial charge is 0.229 e. The molecule has 3 amide bonds. The summed E-state index contributed by atoms with van der Waals surface area (Å²) in [6.45, 7) is 1.36. The van der Waals surface area contributed by atoms with E-state index in [1.807, 2.05) is 48.5 Å². The zero-order valence-corrected chi connectivity index (χ0v) is 17.6. The minimum Gasteiger partial charge on any atom is -0.497 e. The molecule has 0 bridgehead atoms. The van der Waals surface area contributed by atoms with Gasteiger partial charge in [-0.2, -0.15) is 0 Å². The summed E-state index contributed by atoms with van der Waals surface area (Å²) in [6, 6.07) is 16.6. The molecule has 2 aromatic carbocycles. The van der Waals surface area contributed by atoms with Crippen molar-refractivity contribution in [3.63, 3.8) is 0 Å². The molecule has 2 heterocycles. The van der Waals surface area contributed by atoms with Crippen molar-refractivity contribution in [3.8, 4) is 5.75 Å². The first-order valence-electron chi connectivity index (χ1n) is 10.6. The monoisotopic (exact) mass is 421 g/mol. The Morgan fingerprint density at radius 3 is 2.61 bits per heavy atom. The van der Waals surface area contributed by atoms with Crippen LogP contribution in [-0.2, 0) is 14.4 Å². The molecule has 0 saturated carbocycles. The number of rotatable bonds is 5. The molecule has 2 aromatic rings. The number of ether oxygens (including phenoxy) is 1. The summed E-state index contributed by atoms with van der Waals surface area (Å²) in [5.41, 5.74) is 1.49. The highest BCUT2D eigenvalue weighted by Crippen LogP contribution is 2.30. The largest absolute Gasteiger partial charge is 0.497 e. The Labute approximate surface area is 182 Å². The van der Waals surface area contributed by atoms with Crippen molar-refractivity contribution in [1.29, 1.82) is 0 Å². The summed E-state index contributed by atoms with van der Waals surface area (Å²) < 4.78 is 5.24. The molecule has 0 unspecified atom stereocenters. The van der Waals surface area contributed by atoms with Crippen LogP contribution in [-0.4, -0.2) is 49.4 Å². The van der Waals surface area contributed by atoms with E-state index in [1.54, 1.807) is 23.0 Å². The molecule has 0 spiro atoms. The predicted molar refractivity (Wildman–Crippen MR) is 118 cm³/mol. The molecule has 2 atom stereocenters. The molecular formula is C24H27N3O4. The number of nitrogens with zero attached hydrogens (tertiary/aromatic N) is 2. The molecule has 4 rings (SSSR count). The zero-order chi connectivity index (χ0) is 21.8. The first-order valence-corrected chi connectivity index (χ1v) is 10.6. The molecule has 7 nitrogen and oxygen atoms in total. The lowest BCUT2D eigenvalue weighted by molar-refractivity contribution is -0.138. The summed E-state index contributed by atoms with van der Waals surface area (Å²) in [5, 5.41) is 2.94. The molecule has 31 heavy (non-hydrogen) atoms. The summed E-state index contributed by atoms with van der Waals surface area (Å²) in [6.07, 6.45) is 1.72. The molecule has 162 valence electrons. The fourth-order valence-electron chi connectivity index (χ4n) is 4.32. The van der Waals surface area contributed by atoms with Crippen LogP contribution >= 0.6 is 0 Å². The third-order valence-corrected chi connectivity index (χ3v) is 5.98. The van der Waals surface area contributed by atoms with Gasteiger partial charge in [-0.15, -0.1) is 0 Å². The Kier molecular flexibility index (Phi) is 6.21. The second-order valence-electron chi connectivity index (χ2n) is 8.09. The Balaban J connectivity index is 1.38. The second kappa shape index (κ2) is 9.20. The number of methoxy groups -OCH3 is 1. The predicted octanol–water partition coefficient (Wildman–Crippen LogP) is 2.93. The number of likely N-dealkylation sites (tertiary alicyclic amines) is 1. The first-order chi connectivity index (χ1) is 15.0. The van der Waals surface area contributed by atoms with E-state index >= 15 is 0 Å². The molecule has 2 saturated heterocycles. The Bertz CT molecular complexity index is 962. The molecule has 2 aliphatic rings. The van der Waals surface area contributed by atoms with Crippen LogP contribution in [0.5, 0.6) is 5.75 Å². The van der Waals surface area contributed by atoms with Gasteiger partial charge >= 0.3 is 0 Å². The van der Waals surface area contributed by atoms with Gasteiger partial charge in [0.05, 0.1) is 18.9 Å². The molecular weight excluding hydrogens is 394 g/mol. The van der Waals surface area contributed by atoms with E-state index in [-0.39, 0.29) is 30.1 Å². The van der Waals surface area contributed by atoms with Crippen LogP contribution in [0.25, 0.3) is 0 Å². The molecule has 2 aliphatic heterocycles. The number of benzene rings is 2. The number of hydrogen-bond acceptors (Lipinski definition) is 4. The van der Waals surface area contributed by atoms with Gasteiger partial charge in [0.2, 0.25) is 17.7 Å². The normalized spacial score (nSPS) is 21.1. The molecule has 2 fully saturated rings. The van der Waals surface area contributed by atoms with E-state index in [9.17, 15) is 14.4 Å². The molecule has 0 radical (unpaired) electrons. The van der Waals surface area contributed by atoms with Crippen LogP contribution in [0.1, 0.15) is 19.3 Å². The van der Waals surface area contributed by atoms with Crippen LogP contribution in [0, 0.1) is 11.8 Å². The third-order valence-electron chi connectivity index (χ3n) is 5.98. The van der Waals surface area contributed by atoms with Gasteiger partial charge in [0.1, 0.15) is 5.75 Å². The fourth-order valence-corrected chi connectivity index (χ4v) is 4.32. The quantitative estimate of drug-likeness (QED) is 0.805. The molecule has 0 aromatic heterocycles. The second-order valence-corrected chi connectivity index (χ2v) is 8.09. The van der Waals surface area contributed by atoms with Gasteiger partial charge < -0.3 is 19.9 Å². The van der Waals surface area contributed by atoms with Gasteiger partial charge in [0, 0.05) is 43.5 Å². The maximum Gasteiger partial charge on any atom is 0.229 e. The Morgan fingerprint density at radius 2 is 1.84 bits per heavy atom. The minimum atomic E-state index is -0.394. The maximum atomic E-state index is 13.2. The van der Waals surface area contributed by atoms with E-state index in [0.29, 0.717) is 25.4 Å². The minimum absolute atomic E-state index is 0.0454. The van der Waals surface area contributed by atoms with Crippen molar-refractivity contribution in [1.82, 2.24) is 4.90 Å². The van der Waals surface area contributed by atoms with Gasteiger partial charge in [-0.3, -0.25) is 14.4 Å². The molecule has 7 heteroatoms. The maximum absolute atomic E-state index is 13.2. The number of carbonyl (C=O) groups is 3. The molecule has 0 aliphatic carbocycles. The van der Waals surface area contributed by atoms with Gasteiger partial charge in [0.15, 0.2) is 0 Å². The summed E-state index contributed by atoms with van der Waals surface area (Å²) in [4.78, 5) is 41.8. The standard InChI is InChI=1S/C24H27N3O4/c1-31-21-11-5-10-20(14-21)27-16-18(13-22(27)28)24(30)26-12-6-7-17(15-26)23(29)25-19-8-3-2-4-9-19/h2-5,8-11,14,17-18H,6-7,12-13,15-16H2,1H3,(H,25,29)/t17-,18-/m1/s1. The first kappa shape index (κ1) is 20.9. The van der Waals surface area contributed by atoms with Crippen molar-refractivity contribution in [2.24, 2.45) is 11.8 Å². The topological polar surface area (TPSA) is 79.0 Å². The highest BCUT2D eigenvalue weighted by molar-refractivity contribution is 6.00.